The van der Waals surface area contributed by atoms with Gasteiger partial charge in [0.2, 0.25) is 0 Å². The van der Waals surface area contributed by atoms with Gasteiger partial charge in [-0.2, -0.15) is 0 Å². The average molecular weight is 396 g/mol. The van der Waals surface area contributed by atoms with E-state index in [-0.39, 0.29) is 11.9 Å². The SMILES string of the molecule is COC(=O)C1CCN(c2ncnc(Nc3cccc(Cl)c3Cl)c2N)CC1. The predicted molar refractivity (Wildman–Crippen MR) is 103 cm³/mol. The fourth-order valence-corrected chi connectivity index (χ4v) is 3.31. The smallest absolute Gasteiger partial charge is 0.308 e. The maximum absolute atomic E-state index is 11.7. The third-order valence-electron chi connectivity index (χ3n) is 4.40. The van der Waals surface area contributed by atoms with E-state index in [1.54, 1.807) is 18.2 Å². The monoisotopic (exact) mass is 395 g/mol. The molecule has 0 radical (unpaired) electrons. The van der Waals surface area contributed by atoms with Crippen molar-refractivity contribution in [1.29, 1.82) is 0 Å². The normalized spacial score (nSPS) is 15.0. The number of anilines is 4. The van der Waals surface area contributed by atoms with Crippen LogP contribution in [-0.2, 0) is 9.53 Å². The molecule has 0 atom stereocenters. The van der Waals surface area contributed by atoms with E-state index in [0.29, 0.717) is 59.0 Å². The van der Waals surface area contributed by atoms with Crippen molar-refractivity contribution in [1.82, 2.24) is 9.97 Å². The number of nitrogens with zero attached hydrogens (tertiary/aromatic N) is 3. The first-order valence-electron chi connectivity index (χ1n) is 8.15. The summed E-state index contributed by atoms with van der Waals surface area (Å²) in [6, 6.07) is 5.28. The molecule has 1 fully saturated rings. The number of benzene rings is 1. The van der Waals surface area contributed by atoms with Gasteiger partial charge in [-0.1, -0.05) is 29.3 Å². The quantitative estimate of drug-likeness (QED) is 0.764. The van der Waals surface area contributed by atoms with Crippen LogP contribution in [-0.4, -0.2) is 36.1 Å². The van der Waals surface area contributed by atoms with Gasteiger partial charge in [-0.25, -0.2) is 9.97 Å². The first-order valence-corrected chi connectivity index (χ1v) is 8.91. The third kappa shape index (κ3) is 3.78. The summed E-state index contributed by atoms with van der Waals surface area (Å²) in [6.45, 7) is 1.33. The molecular formula is C17H19Cl2N5O2. The fraction of sp³-hybridized carbons (Fsp3) is 0.353. The fourth-order valence-electron chi connectivity index (χ4n) is 2.96. The lowest BCUT2D eigenvalue weighted by Crippen LogP contribution is -2.37. The Morgan fingerprint density at radius 1 is 1.31 bits per heavy atom. The zero-order valence-corrected chi connectivity index (χ0v) is 15.7. The van der Waals surface area contributed by atoms with Gasteiger partial charge in [0.05, 0.1) is 28.8 Å². The van der Waals surface area contributed by atoms with E-state index in [1.165, 1.54) is 13.4 Å². The standard InChI is InChI=1S/C17H19Cl2N5O2/c1-26-17(25)10-5-7-24(8-6-10)16-14(20)15(21-9-22-16)23-12-4-2-3-11(18)13(12)19/h2-4,9-10H,5-8,20H2,1H3,(H,21,22,23). The second kappa shape index (κ2) is 7.97. The Morgan fingerprint density at radius 3 is 2.73 bits per heavy atom. The number of methoxy groups -OCH3 is 1. The molecule has 2 aromatic rings. The van der Waals surface area contributed by atoms with Crippen molar-refractivity contribution >= 4 is 52.2 Å². The second-order valence-corrected chi connectivity index (χ2v) is 6.76. The van der Waals surface area contributed by atoms with E-state index in [4.69, 9.17) is 33.7 Å². The Balaban J connectivity index is 1.78. The van der Waals surface area contributed by atoms with Crippen molar-refractivity contribution in [2.24, 2.45) is 5.92 Å². The number of carbonyl (C=O) groups excluding carboxylic acids is 1. The molecule has 0 bridgehead atoms. The summed E-state index contributed by atoms with van der Waals surface area (Å²) in [5.74, 6) is 0.832. The van der Waals surface area contributed by atoms with Gasteiger partial charge in [0.25, 0.3) is 0 Å². The molecule has 2 heterocycles. The second-order valence-electron chi connectivity index (χ2n) is 5.97. The Morgan fingerprint density at radius 2 is 2.04 bits per heavy atom. The molecule has 0 saturated carbocycles. The summed E-state index contributed by atoms with van der Waals surface area (Å²) in [5.41, 5.74) is 7.30. The maximum Gasteiger partial charge on any atom is 0.308 e. The maximum atomic E-state index is 11.7. The molecule has 3 rings (SSSR count). The van der Waals surface area contributed by atoms with Gasteiger partial charge >= 0.3 is 5.97 Å². The van der Waals surface area contributed by atoms with Gasteiger partial charge in [0, 0.05) is 13.1 Å². The molecule has 138 valence electrons. The predicted octanol–water partition coefficient (Wildman–Crippen LogP) is 3.50. The number of hydrogen-bond acceptors (Lipinski definition) is 7. The number of rotatable bonds is 4. The van der Waals surface area contributed by atoms with Crippen LogP contribution >= 0.6 is 23.2 Å². The van der Waals surface area contributed by atoms with E-state index in [2.05, 4.69) is 15.3 Å². The van der Waals surface area contributed by atoms with E-state index in [9.17, 15) is 4.79 Å². The van der Waals surface area contributed by atoms with Crippen LogP contribution in [0, 0.1) is 5.92 Å². The first kappa shape index (κ1) is 18.5. The highest BCUT2D eigenvalue weighted by atomic mass is 35.5. The Hall–Kier alpha value is -2.25. The van der Waals surface area contributed by atoms with Crippen LogP contribution in [0.3, 0.4) is 0 Å². The van der Waals surface area contributed by atoms with Gasteiger partial charge in [-0.05, 0) is 25.0 Å². The number of nitrogens with one attached hydrogen (secondary N) is 1. The lowest BCUT2D eigenvalue weighted by atomic mass is 9.97. The number of carbonyl (C=O) groups is 1. The van der Waals surface area contributed by atoms with Crippen molar-refractivity contribution < 1.29 is 9.53 Å². The molecule has 1 aromatic heterocycles. The summed E-state index contributed by atoms with van der Waals surface area (Å²) in [5, 5.41) is 3.94. The Labute approximate surface area is 161 Å². The summed E-state index contributed by atoms with van der Waals surface area (Å²) in [4.78, 5) is 22.2. The van der Waals surface area contributed by atoms with Gasteiger partial charge in [-0.15, -0.1) is 0 Å². The molecule has 9 heteroatoms. The molecule has 1 aromatic carbocycles. The summed E-state index contributed by atoms with van der Waals surface area (Å²) in [6.07, 6.45) is 2.83. The van der Waals surface area contributed by atoms with Crippen LogP contribution in [0.4, 0.5) is 23.0 Å². The minimum atomic E-state index is -0.168. The van der Waals surface area contributed by atoms with Crippen LogP contribution in [0.1, 0.15) is 12.8 Å². The molecule has 1 aliphatic heterocycles. The van der Waals surface area contributed by atoms with Gasteiger partial charge in [0.15, 0.2) is 11.6 Å². The number of halogens is 2. The minimum absolute atomic E-state index is 0.0813. The van der Waals surface area contributed by atoms with Crippen LogP contribution in [0.5, 0.6) is 0 Å². The number of ether oxygens (including phenoxy) is 1. The lowest BCUT2D eigenvalue weighted by molar-refractivity contribution is -0.146. The van der Waals surface area contributed by atoms with E-state index < -0.39 is 0 Å². The summed E-state index contributed by atoms with van der Waals surface area (Å²) >= 11 is 12.3. The van der Waals surface area contributed by atoms with Crippen molar-refractivity contribution in [3.8, 4) is 0 Å². The molecule has 1 aliphatic rings. The van der Waals surface area contributed by atoms with Crippen molar-refractivity contribution in [3.05, 3.63) is 34.6 Å². The van der Waals surface area contributed by atoms with E-state index in [1.807, 2.05) is 4.90 Å². The Kier molecular flexibility index (Phi) is 5.68. The van der Waals surface area contributed by atoms with Crippen LogP contribution in [0.15, 0.2) is 24.5 Å². The molecule has 7 nitrogen and oxygen atoms in total. The number of esters is 1. The van der Waals surface area contributed by atoms with Gasteiger partial charge in [-0.3, -0.25) is 4.79 Å². The minimum Gasteiger partial charge on any atom is -0.469 e. The molecule has 0 aliphatic carbocycles. The lowest BCUT2D eigenvalue weighted by Gasteiger charge is -2.32. The number of hydrogen-bond donors (Lipinski definition) is 2. The van der Waals surface area contributed by atoms with Crippen molar-refractivity contribution in [2.75, 3.05) is 36.1 Å². The molecule has 0 unspecified atom stereocenters. The molecule has 0 spiro atoms. The van der Waals surface area contributed by atoms with Crippen LogP contribution in [0.2, 0.25) is 10.0 Å². The highest BCUT2D eigenvalue weighted by Crippen LogP contribution is 2.35. The summed E-state index contributed by atoms with van der Waals surface area (Å²) in [7, 11) is 1.41. The van der Waals surface area contributed by atoms with Gasteiger partial charge < -0.3 is 20.7 Å². The van der Waals surface area contributed by atoms with Crippen molar-refractivity contribution in [3.63, 3.8) is 0 Å². The van der Waals surface area contributed by atoms with E-state index in [0.717, 1.165) is 0 Å². The topological polar surface area (TPSA) is 93.4 Å². The molecule has 1 saturated heterocycles. The van der Waals surface area contributed by atoms with Gasteiger partial charge in [0.1, 0.15) is 12.0 Å². The molecular weight excluding hydrogens is 377 g/mol. The molecule has 0 amide bonds. The highest BCUT2D eigenvalue weighted by Gasteiger charge is 2.27. The third-order valence-corrected chi connectivity index (χ3v) is 5.22. The van der Waals surface area contributed by atoms with Crippen molar-refractivity contribution in [2.45, 2.75) is 12.8 Å². The summed E-state index contributed by atoms with van der Waals surface area (Å²) < 4.78 is 4.82. The molecule has 3 N–H and O–H groups in total. The Bertz CT molecular complexity index is 810. The first-order chi connectivity index (χ1) is 12.5. The van der Waals surface area contributed by atoms with Crippen LogP contribution < -0.4 is 16.0 Å². The number of aromatic nitrogens is 2. The zero-order chi connectivity index (χ0) is 18.7. The average Bonchev–Trinajstić information content (AvgIpc) is 2.66. The molecule has 26 heavy (non-hydrogen) atoms. The largest absolute Gasteiger partial charge is 0.469 e. The van der Waals surface area contributed by atoms with Crippen LogP contribution in [0.25, 0.3) is 0 Å². The number of nitrogen functional groups attached to an aromatic ring is 1. The zero-order valence-electron chi connectivity index (χ0n) is 14.2. The van der Waals surface area contributed by atoms with E-state index >= 15 is 0 Å². The highest BCUT2D eigenvalue weighted by molar-refractivity contribution is 6.43. The number of piperidine rings is 1. The number of nitrogens with two attached hydrogens (primary N) is 1.